The van der Waals surface area contributed by atoms with Gasteiger partial charge in [0.2, 0.25) is 0 Å². The Labute approximate surface area is 479 Å². The molecule has 2 aliphatic rings. The highest BCUT2D eigenvalue weighted by Crippen LogP contribution is 2.39. The summed E-state index contributed by atoms with van der Waals surface area (Å²) in [7, 11) is 4.25. The van der Waals surface area contributed by atoms with Crippen LogP contribution in [0.5, 0.6) is 11.8 Å². The third-order valence-corrected chi connectivity index (χ3v) is 14.3. The molecule has 0 saturated carbocycles. The molecule has 5 unspecified atom stereocenters. The molecule has 0 N–H and O–H groups in total. The third kappa shape index (κ3) is 19.5. The van der Waals surface area contributed by atoms with Crippen LogP contribution in [-0.4, -0.2) is 118 Å². The first-order valence-electron chi connectivity index (χ1n) is 26.1. The Morgan fingerprint density at radius 2 is 1.09 bits per heavy atom. The number of carboxylic acids is 1. The average molecular weight is 1220 g/mol. The minimum atomic E-state index is -1.36. The van der Waals surface area contributed by atoms with Gasteiger partial charge in [0.15, 0.2) is 0 Å². The summed E-state index contributed by atoms with van der Waals surface area (Å²) in [6.07, 6.45) is 25.6. The van der Waals surface area contributed by atoms with Crippen LogP contribution in [-0.2, 0) is 30.3 Å². The number of likely N-dealkylation sites (N-methyl/N-ethyl adjacent to an activating group) is 2. The molecule has 2 aliphatic heterocycles. The summed E-state index contributed by atoms with van der Waals surface area (Å²) in [5, 5.41) is 10.6. The summed E-state index contributed by atoms with van der Waals surface area (Å²) < 4.78 is 42.7. The number of aromatic nitrogens is 7. The largest absolute Gasteiger partial charge is 1.00 e. The van der Waals surface area contributed by atoms with Crippen LogP contribution in [0.25, 0.3) is 11.1 Å². The van der Waals surface area contributed by atoms with E-state index in [-0.39, 0.29) is 42.3 Å². The van der Waals surface area contributed by atoms with Gasteiger partial charge in [-0.25, -0.2) is 0 Å². The van der Waals surface area contributed by atoms with Crippen molar-refractivity contribution in [3.8, 4) is 11.8 Å². The van der Waals surface area contributed by atoms with E-state index < -0.39 is 23.3 Å². The molecular weight excluding hydrogens is 1140 g/mol. The van der Waals surface area contributed by atoms with Gasteiger partial charge in [0.25, 0.3) is 24.2 Å². The Morgan fingerprint density at radius 3 is 1.46 bits per heavy atom. The van der Waals surface area contributed by atoms with Crippen molar-refractivity contribution in [2.75, 3.05) is 53.5 Å². The normalized spacial score (nSPS) is 18.5. The maximum atomic E-state index is 12.2. The van der Waals surface area contributed by atoms with Crippen LogP contribution in [0.3, 0.4) is 0 Å². The molecule has 0 radical (unpaired) electrons. The van der Waals surface area contributed by atoms with Crippen LogP contribution in [0.2, 0.25) is 0 Å². The molecule has 76 heavy (non-hydrogen) atoms. The Kier molecular flexibility index (Phi) is 27.3. The second kappa shape index (κ2) is 32.7. The molecule has 414 valence electrons. The number of pyridine rings is 3. The van der Waals surface area contributed by atoms with Crippen molar-refractivity contribution in [1.82, 2.24) is 32.4 Å². The van der Waals surface area contributed by atoms with E-state index >= 15 is 0 Å². The van der Waals surface area contributed by atoms with Gasteiger partial charge < -0.3 is 52.8 Å². The van der Waals surface area contributed by atoms with E-state index in [0.29, 0.717) is 59.9 Å². The topological polar surface area (TPSA) is 201 Å². The average Bonchev–Trinajstić information content (AvgIpc) is 4.11. The summed E-state index contributed by atoms with van der Waals surface area (Å²) in [5.74, 6) is -0.459. The van der Waals surface area contributed by atoms with Gasteiger partial charge >= 0.3 is 11.9 Å². The first-order valence-corrected chi connectivity index (χ1v) is 28.0. The molecule has 0 spiro atoms. The zero-order valence-corrected chi connectivity index (χ0v) is 49.6. The van der Waals surface area contributed by atoms with E-state index in [2.05, 4.69) is 72.5 Å². The quantitative estimate of drug-likeness (QED) is 0.0191. The van der Waals surface area contributed by atoms with Gasteiger partial charge in [-0.05, 0) is 62.1 Å². The van der Waals surface area contributed by atoms with Crippen LogP contribution in [0.4, 0.5) is 0 Å². The molecule has 5 aromatic heterocycles. The Morgan fingerprint density at radius 1 is 0.658 bits per heavy atom. The van der Waals surface area contributed by atoms with Gasteiger partial charge in [0.1, 0.15) is 24.5 Å². The summed E-state index contributed by atoms with van der Waals surface area (Å²) >= 11 is 8.07. The lowest BCUT2D eigenvalue weighted by Gasteiger charge is -2.42. The predicted octanol–water partition coefficient (Wildman–Crippen LogP) is 6.93. The lowest BCUT2D eigenvalue weighted by molar-refractivity contribution is -0.953. The maximum absolute atomic E-state index is 12.2. The van der Waals surface area contributed by atoms with Crippen LogP contribution in [0.15, 0.2) is 85.7 Å². The number of carbonyl (C=O) groups is 3. The number of rotatable bonds is 25. The van der Waals surface area contributed by atoms with Crippen molar-refractivity contribution in [2.24, 2.45) is 0 Å². The number of ether oxygens (including phenoxy) is 4. The van der Waals surface area contributed by atoms with Gasteiger partial charge in [-0.3, -0.25) is 33.5 Å². The lowest BCUT2D eigenvalue weighted by Crippen LogP contribution is -3.00. The van der Waals surface area contributed by atoms with Crippen molar-refractivity contribution in [3.05, 3.63) is 114 Å². The number of halogens is 2. The molecule has 17 nitrogen and oxygen atoms in total. The molecule has 21 heteroatoms. The molecule has 0 amide bonds. The van der Waals surface area contributed by atoms with Gasteiger partial charge in [0, 0.05) is 74.0 Å². The summed E-state index contributed by atoms with van der Waals surface area (Å²) in [6.45, 7) is 13.8. The number of carbonyl (C=O) groups excluding carboxylic acids is 3. The first kappa shape index (κ1) is 63.5. The highest BCUT2D eigenvalue weighted by atomic mass is 127. The second-order valence-electron chi connectivity index (χ2n) is 19.4. The zero-order chi connectivity index (χ0) is 54.1. The molecule has 0 aliphatic carbocycles. The molecule has 5 aromatic rings. The van der Waals surface area contributed by atoms with Crippen molar-refractivity contribution in [3.63, 3.8) is 0 Å². The first-order chi connectivity index (χ1) is 36.2. The van der Waals surface area contributed by atoms with E-state index in [1.807, 2.05) is 38.1 Å². The second-order valence-corrected chi connectivity index (χ2v) is 21.3. The fourth-order valence-corrected chi connectivity index (χ4v) is 9.96. The SMILES string of the molecule is CC(Cl)(Cc1cccnc1)C(=O)[O-].CCCCCCOc1nsnc1C1=CCC[N+](C)(C(OC(=O)CC)c2cccnc2)C1.CCCCCCOc1nsnc1C1=CCC[N+](C)(C(OC(=O)CC)c2cccnc2)C1.[I-]. The third-order valence-electron chi connectivity index (χ3n) is 12.9. The summed E-state index contributed by atoms with van der Waals surface area (Å²) in [6, 6.07) is 11.2. The van der Waals surface area contributed by atoms with E-state index in [9.17, 15) is 19.5 Å². The number of quaternary nitrogens is 2. The fraction of sp³-hybridized carbons (Fsp3) is 0.527. The highest BCUT2D eigenvalue weighted by molar-refractivity contribution is 6.99. The van der Waals surface area contributed by atoms with E-state index in [0.717, 1.165) is 90.8 Å². The molecule has 0 aromatic carbocycles. The summed E-state index contributed by atoms with van der Waals surface area (Å²) in [5.41, 5.74) is 6.39. The minimum absolute atomic E-state index is 0. The number of unbranched alkanes of at least 4 members (excludes halogenated alkanes) is 6. The lowest BCUT2D eigenvalue weighted by atomic mass is 10.0. The number of carboxylic acid groups (broad SMARTS) is 1. The van der Waals surface area contributed by atoms with Crippen LogP contribution in [0, 0.1) is 0 Å². The number of hydrogen-bond donors (Lipinski definition) is 0. The van der Waals surface area contributed by atoms with Gasteiger partial charge in [-0.2, -0.15) is 8.75 Å². The molecule has 0 fully saturated rings. The smallest absolute Gasteiger partial charge is 0.310 e. The van der Waals surface area contributed by atoms with Crippen LogP contribution >= 0.6 is 35.1 Å². The number of alkyl halides is 1. The molecule has 5 atom stereocenters. The molecule has 0 saturated heterocycles. The maximum Gasteiger partial charge on any atom is 0.310 e. The van der Waals surface area contributed by atoms with E-state index in [4.69, 9.17) is 30.5 Å². The fourth-order valence-electron chi connectivity index (χ4n) is 8.74. The standard InChI is InChI=1S/2C23H33N4O3S.C9H10ClNO2.HI/c2*1-4-6-7-8-15-29-22-21(25-31-26-22)19-12-10-14-27(3,17-19)23(30-20(28)5-2)18-11-9-13-24-16-18;1-9(10,8(12)13)5-7-3-2-4-11-6-7;/h2*9,11-13,16,23H,4-8,10,14-15,17H2,1-3H3;2-4,6H,5H2,1H3,(H,12,13);1H/q2*+1;;/p-2. The molecule has 7 rings (SSSR count). The van der Waals surface area contributed by atoms with Crippen molar-refractivity contribution >= 4 is 64.1 Å². The Hall–Kier alpha value is -5.00. The molecule has 0 bridgehead atoms. The number of esters is 2. The summed E-state index contributed by atoms with van der Waals surface area (Å²) in [4.78, 5) is 46.0. The highest BCUT2D eigenvalue weighted by Gasteiger charge is 2.42. The van der Waals surface area contributed by atoms with Crippen LogP contribution < -0.4 is 38.6 Å². The van der Waals surface area contributed by atoms with Gasteiger partial charge in [-0.1, -0.05) is 84.4 Å². The van der Waals surface area contributed by atoms with Crippen molar-refractivity contribution < 1.29 is 71.4 Å². The Balaban J connectivity index is 0.000000264. The predicted molar refractivity (Wildman–Crippen MR) is 290 cm³/mol. The van der Waals surface area contributed by atoms with Crippen molar-refractivity contribution in [1.29, 1.82) is 0 Å². The van der Waals surface area contributed by atoms with E-state index in [1.54, 1.807) is 49.3 Å². The Bertz CT molecular complexity index is 2430. The van der Waals surface area contributed by atoms with Crippen LogP contribution in [0.1, 0.15) is 152 Å². The molecular formula is C55H75ClIN9O8S2. The molecule has 7 heterocycles. The number of aliphatic carboxylic acids is 1. The van der Waals surface area contributed by atoms with Crippen molar-refractivity contribution in [2.45, 2.75) is 135 Å². The van der Waals surface area contributed by atoms with Gasteiger partial charge in [-0.15, -0.1) is 20.3 Å². The van der Waals surface area contributed by atoms with Gasteiger partial charge in [0.05, 0.1) is 85.8 Å². The number of hydrogen-bond acceptors (Lipinski definition) is 17. The zero-order valence-electron chi connectivity index (χ0n) is 45.0. The monoisotopic (exact) mass is 1220 g/mol. The number of nitrogens with zero attached hydrogens (tertiary/aromatic N) is 9. The minimum Gasteiger partial charge on any atom is -1.00 e. The van der Waals surface area contributed by atoms with E-state index in [1.165, 1.54) is 56.1 Å².